The Bertz CT molecular complexity index is 759. The summed E-state index contributed by atoms with van der Waals surface area (Å²) in [5, 5.41) is 8.97. The summed E-state index contributed by atoms with van der Waals surface area (Å²) in [7, 11) is 0. The Morgan fingerprint density at radius 1 is 1.33 bits per heavy atom. The lowest BCUT2D eigenvalue weighted by Crippen LogP contribution is -2.39. The number of likely N-dealkylation sites (tertiary alicyclic amines) is 1. The molecule has 0 spiro atoms. The maximum absolute atomic E-state index is 12.6. The minimum Gasteiger partial charge on any atom is -0.339 e. The van der Waals surface area contributed by atoms with Crippen LogP contribution >= 0.6 is 0 Å². The van der Waals surface area contributed by atoms with Crippen LogP contribution in [0.3, 0.4) is 0 Å². The highest BCUT2D eigenvalue weighted by Crippen LogP contribution is 2.22. The molecular formula is C19H22N4O. The average molecular weight is 322 g/mol. The van der Waals surface area contributed by atoms with E-state index in [2.05, 4.69) is 22.5 Å². The van der Waals surface area contributed by atoms with Crippen molar-refractivity contribution >= 4 is 5.91 Å². The minimum atomic E-state index is 0.0283. The lowest BCUT2D eigenvalue weighted by atomic mass is 9.96. The molecule has 1 aliphatic rings. The van der Waals surface area contributed by atoms with E-state index in [1.807, 2.05) is 18.0 Å². The van der Waals surface area contributed by atoms with Gasteiger partial charge in [-0.25, -0.2) is 4.98 Å². The quantitative estimate of drug-likeness (QED) is 0.873. The Balaban J connectivity index is 1.60. The van der Waals surface area contributed by atoms with Gasteiger partial charge in [-0.05, 0) is 50.8 Å². The molecule has 5 heteroatoms. The fraction of sp³-hybridized carbons (Fsp3) is 0.421. The van der Waals surface area contributed by atoms with Gasteiger partial charge in [-0.15, -0.1) is 0 Å². The number of hydrogen-bond acceptors (Lipinski definition) is 3. The van der Waals surface area contributed by atoms with Crippen LogP contribution in [-0.2, 0) is 6.54 Å². The molecule has 0 atom stereocenters. The van der Waals surface area contributed by atoms with Crippen LogP contribution in [0.25, 0.3) is 0 Å². The zero-order chi connectivity index (χ0) is 17.1. The summed E-state index contributed by atoms with van der Waals surface area (Å²) < 4.78 is 2.26. The molecule has 0 N–H and O–H groups in total. The van der Waals surface area contributed by atoms with Crippen molar-refractivity contribution in [3.8, 4) is 6.07 Å². The van der Waals surface area contributed by atoms with Gasteiger partial charge in [0.05, 0.1) is 11.6 Å². The number of aryl methyl sites for hydroxylation is 2. The van der Waals surface area contributed by atoms with Crippen LogP contribution in [0.15, 0.2) is 30.5 Å². The van der Waals surface area contributed by atoms with E-state index in [0.29, 0.717) is 17.0 Å². The maximum atomic E-state index is 12.6. The molecule has 0 saturated carbocycles. The second-order valence-electron chi connectivity index (χ2n) is 6.49. The molecule has 5 nitrogen and oxygen atoms in total. The number of carbonyl (C=O) groups is 1. The Morgan fingerprint density at radius 2 is 2.08 bits per heavy atom. The smallest absolute Gasteiger partial charge is 0.253 e. The largest absolute Gasteiger partial charge is 0.339 e. The van der Waals surface area contributed by atoms with Crippen molar-refractivity contribution in [1.29, 1.82) is 5.26 Å². The summed E-state index contributed by atoms with van der Waals surface area (Å²) in [4.78, 5) is 18.9. The van der Waals surface area contributed by atoms with Crippen LogP contribution in [0, 0.1) is 31.1 Å². The van der Waals surface area contributed by atoms with E-state index in [1.54, 1.807) is 24.3 Å². The second kappa shape index (κ2) is 6.88. The topological polar surface area (TPSA) is 61.9 Å². The number of hydrogen-bond donors (Lipinski definition) is 0. The number of nitriles is 1. The summed E-state index contributed by atoms with van der Waals surface area (Å²) in [6, 6.07) is 9.03. The SMILES string of the molecule is Cc1cnc(C)n1CC1CCN(C(=O)c2cccc(C#N)c2)CC1. The molecule has 2 heterocycles. The highest BCUT2D eigenvalue weighted by atomic mass is 16.2. The summed E-state index contributed by atoms with van der Waals surface area (Å²) in [6.07, 6.45) is 3.91. The van der Waals surface area contributed by atoms with E-state index < -0.39 is 0 Å². The molecule has 3 rings (SSSR count). The highest BCUT2D eigenvalue weighted by molar-refractivity contribution is 5.94. The van der Waals surface area contributed by atoms with Gasteiger partial charge < -0.3 is 9.47 Å². The van der Waals surface area contributed by atoms with Gasteiger partial charge in [0.15, 0.2) is 0 Å². The van der Waals surface area contributed by atoms with Gasteiger partial charge in [-0.1, -0.05) is 6.07 Å². The van der Waals surface area contributed by atoms with E-state index in [0.717, 1.165) is 38.3 Å². The molecule has 0 radical (unpaired) electrons. The number of benzene rings is 1. The van der Waals surface area contributed by atoms with Crippen LogP contribution in [-0.4, -0.2) is 33.4 Å². The fourth-order valence-corrected chi connectivity index (χ4v) is 3.34. The van der Waals surface area contributed by atoms with Crippen molar-refractivity contribution in [3.05, 3.63) is 53.1 Å². The van der Waals surface area contributed by atoms with Crippen LogP contribution in [0.1, 0.15) is 40.3 Å². The van der Waals surface area contributed by atoms with Gasteiger partial charge in [-0.2, -0.15) is 5.26 Å². The first-order valence-electron chi connectivity index (χ1n) is 8.36. The molecular weight excluding hydrogens is 300 g/mol. The van der Waals surface area contributed by atoms with Crippen molar-refractivity contribution in [2.45, 2.75) is 33.2 Å². The van der Waals surface area contributed by atoms with E-state index in [9.17, 15) is 4.79 Å². The standard InChI is InChI=1S/C19H22N4O/c1-14-12-21-15(2)23(14)13-16-6-8-22(9-7-16)19(24)18-5-3-4-17(10-18)11-20/h3-5,10,12,16H,6-9,13H2,1-2H3. The third-order valence-corrected chi connectivity index (χ3v) is 4.84. The first-order valence-corrected chi connectivity index (χ1v) is 8.36. The van der Waals surface area contributed by atoms with Gasteiger partial charge in [0.2, 0.25) is 0 Å². The summed E-state index contributed by atoms with van der Waals surface area (Å²) in [5.41, 5.74) is 2.33. The van der Waals surface area contributed by atoms with Crippen LogP contribution in [0.2, 0.25) is 0 Å². The number of nitrogens with zero attached hydrogens (tertiary/aromatic N) is 4. The summed E-state index contributed by atoms with van der Waals surface area (Å²) >= 11 is 0. The van der Waals surface area contributed by atoms with Gasteiger partial charge in [-0.3, -0.25) is 4.79 Å². The normalized spacial score (nSPS) is 15.3. The second-order valence-corrected chi connectivity index (χ2v) is 6.49. The van der Waals surface area contributed by atoms with Gasteiger partial charge in [0, 0.05) is 37.1 Å². The number of amides is 1. The molecule has 0 bridgehead atoms. The first-order chi connectivity index (χ1) is 11.6. The lowest BCUT2D eigenvalue weighted by Gasteiger charge is -2.32. The molecule has 2 aromatic rings. The molecule has 0 unspecified atom stereocenters. The Morgan fingerprint density at radius 3 is 2.71 bits per heavy atom. The van der Waals surface area contributed by atoms with Crippen molar-refractivity contribution < 1.29 is 4.79 Å². The molecule has 0 aliphatic carbocycles. The van der Waals surface area contributed by atoms with Crippen molar-refractivity contribution in [2.75, 3.05) is 13.1 Å². The third kappa shape index (κ3) is 3.33. The first kappa shape index (κ1) is 16.3. The van der Waals surface area contributed by atoms with Gasteiger partial charge in [0.25, 0.3) is 5.91 Å². The van der Waals surface area contributed by atoms with Gasteiger partial charge in [0.1, 0.15) is 5.82 Å². The van der Waals surface area contributed by atoms with E-state index in [4.69, 9.17) is 5.26 Å². The number of aromatic nitrogens is 2. The molecule has 24 heavy (non-hydrogen) atoms. The van der Waals surface area contributed by atoms with E-state index >= 15 is 0 Å². The molecule has 1 amide bonds. The predicted molar refractivity (Wildman–Crippen MR) is 91.5 cm³/mol. The Kier molecular flexibility index (Phi) is 4.66. The Hall–Kier alpha value is -2.61. The molecule has 1 aromatic heterocycles. The number of rotatable bonds is 3. The average Bonchev–Trinajstić information content (AvgIpc) is 2.94. The van der Waals surface area contributed by atoms with E-state index in [-0.39, 0.29) is 5.91 Å². The van der Waals surface area contributed by atoms with Crippen molar-refractivity contribution in [1.82, 2.24) is 14.5 Å². The van der Waals surface area contributed by atoms with Gasteiger partial charge >= 0.3 is 0 Å². The zero-order valence-corrected chi connectivity index (χ0v) is 14.2. The van der Waals surface area contributed by atoms with Crippen molar-refractivity contribution in [2.24, 2.45) is 5.92 Å². The zero-order valence-electron chi connectivity index (χ0n) is 14.2. The summed E-state index contributed by atoms with van der Waals surface area (Å²) in [6.45, 7) is 6.64. The monoisotopic (exact) mass is 322 g/mol. The van der Waals surface area contributed by atoms with Crippen molar-refractivity contribution in [3.63, 3.8) is 0 Å². The lowest BCUT2D eigenvalue weighted by molar-refractivity contribution is 0.0682. The number of carbonyl (C=O) groups excluding carboxylic acids is 1. The molecule has 1 aliphatic heterocycles. The maximum Gasteiger partial charge on any atom is 0.253 e. The van der Waals surface area contributed by atoms with E-state index in [1.165, 1.54) is 5.69 Å². The molecule has 124 valence electrons. The molecule has 1 saturated heterocycles. The molecule has 1 aromatic carbocycles. The number of piperidine rings is 1. The van der Waals surface area contributed by atoms with Crippen LogP contribution < -0.4 is 0 Å². The fourth-order valence-electron chi connectivity index (χ4n) is 3.34. The summed E-state index contributed by atoms with van der Waals surface area (Å²) in [5.74, 6) is 1.66. The third-order valence-electron chi connectivity index (χ3n) is 4.84. The predicted octanol–water partition coefficient (Wildman–Crippen LogP) is 2.92. The van der Waals surface area contributed by atoms with Crippen LogP contribution in [0.5, 0.6) is 0 Å². The Labute approximate surface area is 142 Å². The minimum absolute atomic E-state index is 0.0283. The number of imidazole rings is 1. The highest BCUT2D eigenvalue weighted by Gasteiger charge is 2.24. The van der Waals surface area contributed by atoms with Crippen LogP contribution in [0.4, 0.5) is 0 Å². The molecule has 1 fully saturated rings.